The fourth-order valence-corrected chi connectivity index (χ4v) is 2.22. The summed E-state index contributed by atoms with van der Waals surface area (Å²) in [6.45, 7) is 4.21. The molecule has 0 spiro atoms. The lowest BCUT2D eigenvalue weighted by molar-refractivity contribution is -0.129. The molecule has 0 aliphatic rings. The van der Waals surface area contributed by atoms with Gasteiger partial charge in [-0.3, -0.25) is 10.0 Å². The summed E-state index contributed by atoms with van der Waals surface area (Å²) in [7, 11) is 0. The zero-order valence-corrected chi connectivity index (χ0v) is 12.2. The Bertz CT molecular complexity index is 608. The molecule has 0 radical (unpaired) electrons. The van der Waals surface area contributed by atoms with Gasteiger partial charge in [0.1, 0.15) is 5.75 Å². The number of benzene rings is 2. The first kappa shape index (κ1) is 15.8. The van der Waals surface area contributed by atoms with Gasteiger partial charge in [0.15, 0.2) is 0 Å². The Morgan fingerprint density at radius 2 is 1.77 bits per heavy atom. The van der Waals surface area contributed by atoms with E-state index in [2.05, 4.69) is 6.58 Å². The SMILES string of the molecule is C=CCCOc1ccc(C(C(=O)NO)c2ccccc2)cc1. The molecule has 0 heterocycles. The highest BCUT2D eigenvalue weighted by molar-refractivity contribution is 5.86. The Labute approximate surface area is 130 Å². The number of nitrogens with one attached hydrogen (secondary N) is 1. The lowest BCUT2D eigenvalue weighted by Crippen LogP contribution is -2.27. The Morgan fingerprint density at radius 1 is 1.14 bits per heavy atom. The van der Waals surface area contributed by atoms with E-state index in [1.165, 1.54) is 0 Å². The molecule has 0 saturated carbocycles. The quantitative estimate of drug-likeness (QED) is 0.357. The van der Waals surface area contributed by atoms with E-state index in [0.717, 1.165) is 23.3 Å². The van der Waals surface area contributed by atoms with E-state index in [-0.39, 0.29) is 0 Å². The Balaban J connectivity index is 2.21. The summed E-state index contributed by atoms with van der Waals surface area (Å²) in [4.78, 5) is 12.0. The van der Waals surface area contributed by atoms with Gasteiger partial charge < -0.3 is 4.74 Å². The summed E-state index contributed by atoms with van der Waals surface area (Å²) in [5.41, 5.74) is 3.34. The van der Waals surface area contributed by atoms with E-state index in [1.54, 1.807) is 11.6 Å². The summed E-state index contributed by atoms with van der Waals surface area (Å²) in [5, 5.41) is 8.99. The minimum Gasteiger partial charge on any atom is -0.493 e. The van der Waals surface area contributed by atoms with Gasteiger partial charge in [0.2, 0.25) is 0 Å². The largest absolute Gasteiger partial charge is 0.493 e. The fourth-order valence-electron chi connectivity index (χ4n) is 2.22. The number of amides is 1. The Hall–Kier alpha value is -2.59. The van der Waals surface area contributed by atoms with Crippen molar-refractivity contribution in [3.05, 3.63) is 78.4 Å². The molecule has 4 nitrogen and oxygen atoms in total. The molecule has 1 atom stereocenters. The first-order chi connectivity index (χ1) is 10.8. The molecule has 114 valence electrons. The fraction of sp³-hybridized carbons (Fsp3) is 0.167. The van der Waals surface area contributed by atoms with Crippen molar-refractivity contribution in [3.63, 3.8) is 0 Å². The van der Waals surface area contributed by atoms with Gasteiger partial charge in [0, 0.05) is 0 Å². The van der Waals surface area contributed by atoms with Crippen LogP contribution in [0.25, 0.3) is 0 Å². The zero-order chi connectivity index (χ0) is 15.8. The van der Waals surface area contributed by atoms with Crippen molar-refractivity contribution in [1.29, 1.82) is 0 Å². The third-order valence-electron chi connectivity index (χ3n) is 3.31. The molecule has 2 rings (SSSR count). The van der Waals surface area contributed by atoms with Crippen LogP contribution < -0.4 is 10.2 Å². The Kier molecular flexibility index (Phi) is 5.74. The van der Waals surface area contributed by atoms with Gasteiger partial charge in [-0.1, -0.05) is 48.5 Å². The number of rotatable bonds is 7. The van der Waals surface area contributed by atoms with Crippen molar-refractivity contribution in [2.75, 3.05) is 6.61 Å². The average molecular weight is 297 g/mol. The van der Waals surface area contributed by atoms with E-state index in [9.17, 15) is 4.79 Å². The third kappa shape index (κ3) is 3.96. The molecular weight excluding hydrogens is 278 g/mol. The number of hydrogen-bond acceptors (Lipinski definition) is 3. The summed E-state index contributed by atoms with van der Waals surface area (Å²) in [6, 6.07) is 16.6. The predicted octanol–water partition coefficient (Wildman–Crippen LogP) is 3.28. The molecule has 0 aromatic heterocycles. The first-order valence-electron chi connectivity index (χ1n) is 7.09. The monoisotopic (exact) mass is 297 g/mol. The highest BCUT2D eigenvalue weighted by atomic mass is 16.5. The van der Waals surface area contributed by atoms with Crippen LogP contribution in [0, 0.1) is 0 Å². The molecule has 1 amide bonds. The molecular formula is C18H19NO3. The topological polar surface area (TPSA) is 58.6 Å². The van der Waals surface area contributed by atoms with Crippen LogP contribution in [0.4, 0.5) is 0 Å². The van der Waals surface area contributed by atoms with Crippen molar-refractivity contribution in [3.8, 4) is 5.75 Å². The van der Waals surface area contributed by atoms with Gasteiger partial charge >= 0.3 is 0 Å². The molecule has 0 aliphatic heterocycles. The van der Waals surface area contributed by atoms with Crippen LogP contribution >= 0.6 is 0 Å². The third-order valence-corrected chi connectivity index (χ3v) is 3.31. The number of hydrogen-bond donors (Lipinski definition) is 2. The highest BCUT2D eigenvalue weighted by Gasteiger charge is 2.22. The van der Waals surface area contributed by atoms with Crippen LogP contribution in [-0.4, -0.2) is 17.7 Å². The van der Waals surface area contributed by atoms with E-state index in [4.69, 9.17) is 9.94 Å². The lowest BCUT2D eigenvalue weighted by atomic mass is 9.91. The number of carbonyl (C=O) groups is 1. The van der Waals surface area contributed by atoms with Crippen molar-refractivity contribution < 1.29 is 14.7 Å². The summed E-state index contributed by atoms with van der Waals surface area (Å²) in [5.74, 6) is -0.290. The first-order valence-corrected chi connectivity index (χ1v) is 7.09. The van der Waals surface area contributed by atoms with Gasteiger partial charge in [0.05, 0.1) is 12.5 Å². The van der Waals surface area contributed by atoms with Gasteiger partial charge in [-0.2, -0.15) is 0 Å². The molecule has 2 aromatic rings. The number of ether oxygens (including phenoxy) is 1. The maximum Gasteiger partial charge on any atom is 0.255 e. The molecule has 1 unspecified atom stereocenters. The van der Waals surface area contributed by atoms with Crippen LogP contribution in [-0.2, 0) is 4.79 Å². The van der Waals surface area contributed by atoms with Crippen molar-refractivity contribution in [2.45, 2.75) is 12.3 Å². The van der Waals surface area contributed by atoms with Gasteiger partial charge in [-0.25, -0.2) is 5.48 Å². The van der Waals surface area contributed by atoms with E-state index >= 15 is 0 Å². The summed E-state index contributed by atoms with van der Waals surface area (Å²) in [6.07, 6.45) is 2.58. The molecule has 2 N–H and O–H groups in total. The molecule has 4 heteroatoms. The highest BCUT2D eigenvalue weighted by Crippen LogP contribution is 2.26. The minimum atomic E-state index is -0.562. The summed E-state index contributed by atoms with van der Waals surface area (Å²) < 4.78 is 5.55. The summed E-state index contributed by atoms with van der Waals surface area (Å²) >= 11 is 0. The van der Waals surface area contributed by atoms with Crippen molar-refractivity contribution in [1.82, 2.24) is 5.48 Å². The van der Waals surface area contributed by atoms with Crippen LogP contribution in [0.2, 0.25) is 0 Å². The molecule has 0 bridgehead atoms. The maximum atomic E-state index is 12.0. The van der Waals surface area contributed by atoms with Crippen LogP contribution in [0.1, 0.15) is 23.5 Å². The second-order valence-corrected chi connectivity index (χ2v) is 4.81. The van der Waals surface area contributed by atoms with E-state index < -0.39 is 11.8 Å². The van der Waals surface area contributed by atoms with E-state index in [1.807, 2.05) is 54.6 Å². The average Bonchev–Trinajstić information content (AvgIpc) is 2.57. The van der Waals surface area contributed by atoms with Crippen molar-refractivity contribution in [2.24, 2.45) is 0 Å². The second kappa shape index (κ2) is 8.00. The zero-order valence-electron chi connectivity index (χ0n) is 12.2. The molecule has 2 aromatic carbocycles. The number of carbonyl (C=O) groups excluding carboxylic acids is 1. The second-order valence-electron chi connectivity index (χ2n) is 4.81. The molecule has 0 saturated heterocycles. The standard InChI is InChI=1S/C18H19NO3/c1-2-3-13-22-16-11-9-15(10-12-16)17(18(20)19-21)14-7-5-4-6-8-14/h2,4-12,17,21H,1,3,13H2,(H,19,20). The minimum absolute atomic E-state index is 0.466. The van der Waals surface area contributed by atoms with E-state index in [0.29, 0.717) is 6.61 Å². The smallest absolute Gasteiger partial charge is 0.255 e. The van der Waals surface area contributed by atoms with Gasteiger partial charge in [-0.05, 0) is 29.7 Å². The predicted molar refractivity (Wildman–Crippen MR) is 85.0 cm³/mol. The lowest BCUT2D eigenvalue weighted by Gasteiger charge is -2.16. The van der Waals surface area contributed by atoms with Gasteiger partial charge in [-0.15, -0.1) is 6.58 Å². The normalized spacial score (nSPS) is 11.5. The van der Waals surface area contributed by atoms with Crippen LogP contribution in [0.5, 0.6) is 5.75 Å². The van der Waals surface area contributed by atoms with Gasteiger partial charge in [0.25, 0.3) is 5.91 Å². The number of hydroxylamine groups is 1. The van der Waals surface area contributed by atoms with Crippen molar-refractivity contribution >= 4 is 5.91 Å². The molecule has 0 fully saturated rings. The molecule has 22 heavy (non-hydrogen) atoms. The molecule has 0 aliphatic carbocycles. The Morgan fingerprint density at radius 3 is 2.36 bits per heavy atom. The van der Waals surface area contributed by atoms with Crippen LogP contribution in [0.3, 0.4) is 0 Å². The van der Waals surface area contributed by atoms with Crippen LogP contribution in [0.15, 0.2) is 67.3 Å². The maximum absolute atomic E-state index is 12.0.